The Morgan fingerprint density at radius 1 is 1.18 bits per heavy atom. The van der Waals surface area contributed by atoms with E-state index in [1.54, 1.807) is 18.2 Å². The third-order valence-electron chi connectivity index (χ3n) is 5.01. The Labute approximate surface area is 201 Å². The van der Waals surface area contributed by atoms with Gasteiger partial charge in [-0.05, 0) is 42.1 Å². The quantitative estimate of drug-likeness (QED) is 0.240. The van der Waals surface area contributed by atoms with Crippen molar-refractivity contribution in [3.63, 3.8) is 0 Å². The maximum atomic E-state index is 12.5. The molecule has 4 aromatic rings. The molecule has 8 heteroatoms. The van der Waals surface area contributed by atoms with Gasteiger partial charge in [0.2, 0.25) is 5.91 Å². The number of carbonyl (C=O) groups is 1. The number of halogens is 1. The van der Waals surface area contributed by atoms with E-state index in [-0.39, 0.29) is 18.3 Å². The fourth-order valence-electron chi connectivity index (χ4n) is 3.39. The SMILES string of the molecule is C=CCn1c(COc2cccc3ccccc23)nnc1SCC(=O)Nc1ccc(Cl)cc1C. The van der Waals surface area contributed by atoms with Crippen LogP contribution in [0.1, 0.15) is 11.4 Å². The van der Waals surface area contributed by atoms with Crippen LogP contribution in [0.4, 0.5) is 5.69 Å². The van der Waals surface area contributed by atoms with Crippen molar-refractivity contribution in [2.75, 3.05) is 11.1 Å². The van der Waals surface area contributed by atoms with E-state index in [2.05, 4.69) is 22.1 Å². The van der Waals surface area contributed by atoms with E-state index in [9.17, 15) is 4.79 Å². The average molecular weight is 479 g/mol. The first kappa shape index (κ1) is 22.9. The molecule has 0 saturated carbocycles. The summed E-state index contributed by atoms with van der Waals surface area (Å²) in [5.41, 5.74) is 1.64. The highest BCUT2D eigenvalue weighted by Gasteiger charge is 2.15. The fourth-order valence-corrected chi connectivity index (χ4v) is 4.39. The summed E-state index contributed by atoms with van der Waals surface area (Å²) in [6.45, 7) is 6.50. The Morgan fingerprint density at radius 2 is 2.00 bits per heavy atom. The molecule has 3 aromatic carbocycles. The summed E-state index contributed by atoms with van der Waals surface area (Å²) in [6.07, 6.45) is 1.77. The van der Waals surface area contributed by atoms with Crippen molar-refractivity contribution in [3.8, 4) is 5.75 Å². The molecular formula is C25H23ClN4O2S. The Bertz CT molecular complexity index is 1300. The van der Waals surface area contributed by atoms with Crippen molar-refractivity contribution < 1.29 is 9.53 Å². The monoisotopic (exact) mass is 478 g/mol. The maximum Gasteiger partial charge on any atom is 0.234 e. The van der Waals surface area contributed by atoms with Crippen molar-refractivity contribution >= 4 is 45.7 Å². The molecule has 0 bridgehead atoms. The van der Waals surface area contributed by atoms with Crippen LogP contribution in [0.5, 0.6) is 5.75 Å². The van der Waals surface area contributed by atoms with Gasteiger partial charge in [0, 0.05) is 22.6 Å². The zero-order chi connectivity index (χ0) is 23.2. The number of rotatable bonds is 9. The van der Waals surface area contributed by atoms with Crippen LogP contribution < -0.4 is 10.1 Å². The molecule has 1 amide bonds. The number of amides is 1. The van der Waals surface area contributed by atoms with Crippen LogP contribution in [0.3, 0.4) is 0 Å². The van der Waals surface area contributed by atoms with Crippen molar-refractivity contribution in [3.05, 3.63) is 89.7 Å². The lowest BCUT2D eigenvalue weighted by atomic mass is 10.1. The first-order chi connectivity index (χ1) is 16.0. The molecule has 1 aromatic heterocycles. The van der Waals surface area contributed by atoms with E-state index in [1.165, 1.54) is 11.8 Å². The van der Waals surface area contributed by atoms with Crippen LogP contribution in [0.25, 0.3) is 10.8 Å². The van der Waals surface area contributed by atoms with Crippen molar-refractivity contribution in [2.24, 2.45) is 0 Å². The second-order valence-electron chi connectivity index (χ2n) is 7.36. The van der Waals surface area contributed by atoms with Crippen molar-refractivity contribution in [1.29, 1.82) is 0 Å². The van der Waals surface area contributed by atoms with Crippen LogP contribution >= 0.6 is 23.4 Å². The normalized spacial score (nSPS) is 10.8. The van der Waals surface area contributed by atoms with Gasteiger partial charge in [0.15, 0.2) is 11.0 Å². The number of hydrogen-bond donors (Lipinski definition) is 1. The highest BCUT2D eigenvalue weighted by Crippen LogP contribution is 2.26. The minimum absolute atomic E-state index is 0.132. The summed E-state index contributed by atoms with van der Waals surface area (Å²) >= 11 is 7.30. The van der Waals surface area contributed by atoms with Crippen LogP contribution in [0, 0.1) is 6.92 Å². The Hall–Kier alpha value is -3.29. The third-order valence-corrected chi connectivity index (χ3v) is 6.21. The third kappa shape index (κ3) is 5.56. The molecule has 4 rings (SSSR count). The van der Waals surface area contributed by atoms with E-state index in [1.807, 2.05) is 60.0 Å². The second kappa shape index (κ2) is 10.6. The lowest BCUT2D eigenvalue weighted by Crippen LogP contribution is -2.15. The molecule has 1 N–H and O–H groups in total. The molecule has 0 radical (unpaired) electrons. The molecule has 0 aliphatic rings. The summed E-state index contributed by atoms with van der Waals surface area (Å²) in [5.74, 6) is 1.52. The molecule has 0 aliphatic carbocycles. The van der Waals surface area contributed by atoms with E-state index in [0.29, 0.717) is 22.5 Å². The fraction of sp³-hybridized carbons (Fsp3) is 0.160. The van der Waals surface area contributed by atoms with Gasteiger partial charge in [-0.2, -0.15) is 0 Å². The number of allylic oxidation sites excluding steroid dienone is 1. The number of carbonyl (C=O) groups excluding carboxylic acids is 1. The van der Waals surface area contributed by atoms with Gasteiger partial charge in [0.25, 0.3) is 0 Å². The number of hydrogen-bond acceptors (Lipinski definition) is 5. The zero-order valence-corrected chi connectivity index (χ0v) is 19.7. The van der Waals surface area contributed by atoms with Gasteiger partial charge in [-0.1, -0.05) is 65.8 Å². The number of aryl methyl sites for hydroxylation is 1. The van der Waals surface area contributed by atoms with Gasteiger partial charge in [-0.15, -0.1) is 16.8 Å². The predicted octanol–water partition coefficient (Wildman–Crippen LogP) is 5.89. The van der Waals surface area contributed by atoms with E-state index in [4.69, 9.17) is 16.3 Å². The molecule has 6 nitrogen and oxygen atoms in total. The Kier molecular flexibility index (Phi) is 7.32. The minimum Gasteiger partial charge on any atom is -0.485 e. The number of anilines is 1. The van der Waals surface area contributed by atoms with E-state index < -0.39 is 0 Å². The largest absolute Gasteiger partial charge is 0.485 e. The van der Waals surface area contributed by atoms with Gasteiger partial charge in [0.05, 0.1) is 5.75 Å². The number of nitrogens with zero attached hydrogens (tertiary/aromatic N) is 3. The molecule has 1 heterocycles. The van der Waals surface area contributed by atoms with Gasteiger partial charge in [-0.3, -0.25) is 9.36 Å². The smallest absolute Gasteiger partial charge is 0.234 e. The number of thioether (sulfide) groups is 1. The molecule has 0 atom stereocenters. The van der Waals surface area contributed by atoms with Gasteiger partial charge in [0.1, 0.15) is 12.4 Å². The van der Waals surface area contributed by atoms with Gasteiger partial charge >= 0.3 is 0 Å². The molecule has 0 aliphatic heterocycles. The second-order valence-corrected chi connectivity index (χ2v) is 8.74. The summed E-state index contributed by atoms with van der Waals surface area (Å²) < 4.78 is 7.98. The molecule has 0 saturated heterocycles. The van der Waals surface area contributed by atoms with Crippen LogP contribution in [0.2, 0.25) is 5.02 Å². The summed E-state index contributed by atoms with van der Waals surface area (Å²) in [5, 5.41) is 14.9. The average Bonchev–Trinajstić information content (AvgIpc) is 3.20. The summed E-state index contributed by atoms with van der Waals surface area (Å²) in [7, 11) is 0. The zero-order valence-electron chi connectivity index (χ0n) is 18.1. The summed E-state index contributed by atoms with van der Waals surface area (Å²) in [6, 6.07) is 19.4. The number of aromatic nitrogens is 3. The lowest BCUT2D eigenvalue weighted by Gasteiger charge is -2.11. The Morgan fingerprint density at radius 3 is 2.82 bits per heavy atom. The van der Waals surface area contributed by atoms with E-state index in [0.717, 1.165) is 27.8 Å². The highest BCUT2D eigenvalue weighted by atomic mass is 35.5. The molecule has 0 spiro atoms. The highest BCUT2D eigenvalue weighted by molar-refractivity contribution is 7.99. The minimum atomic E-state index is -0.132. The maximum absolute atomic E-state index is 12.5. The van der Waals surface area contributed by atoms with Crippen molar-refractivity contribution in [1.82, 2.24) is 14.8 Å². The van der Waals surface area contributed by atoms with Crippen molar-refractivity contribution in [2.45, 2.75) is 25.2 Å². The molecule has 0 unspecified atom stereocenters. The van der Waals surface area contributed by atoms with Gasteiger partial charge in [-0.25, -0.2) is 0 Å². The Balaban J connectivity index is 1.43. The molecular weight excluding hydrogens is 456 g/mol. The molecule has 33 heavy (non-hydrogen) atoms. The van der Waals surface area contributed by atoms with Crippen LogP contribution in [-0.4, -0.2) is 26.4 Å². The number of benzene rings is 3. The number of fused-ring (bicyclic) bond motifs is 1. The number of nitrogens with one attached hydrogen (secondary N) is 1. The van der Waals surface area contributed by atoms with E-state index >= 15 is 0 Å². The van der Waals surface area contributed by atoms with Gasteiger partial charge < -0.3 is 10.1 Å². The lowest BCUT2D eigenvalue weighted by molar-refractivity contribution is -0.113. The topological polar surface area (TPSA) is 69.0 Å². The van der Waals surface area contributed by atoms with Crippen LogP contribution in [0.15, 0.2) is 78.5 Å². The first-order valence-electron chi connectivity index (χ1n) is 10.4. The predicted molar refractivity (Wildman–Crippen MR) is 134 cm³/mol. The first-order valence-corrected chi connectivity index (χ1v) is 11.7. The summed E-state index contributed by atoms with van der Waals surface area (Å²) in [4.78, 5) is 12.5. The number of ether oxygens (including phenoxy) is 1. The molecule has 168 valence electrons. The standard InChI is InChI=1S/C25H23ClN4O2S/c1-3-13-30-23(15-32-22-10-6-8-18-7-4-5-9-20(18)22)28-29-25(30)33-16-24(31)27-21-12-11-19(26)14-17(21)2/h3-12,14H,1,13,15-16H2,2H3,(H,27,31). The van der Waals surface area contributed by atoms with Crippen LogP contribution in [-0.2, 0) is 17.9 Å². The molecule has 0 fully saturated rings.